The molecule has 6 heteroatoms. The van der Waals surface area contributed by atoms with Crippen molar-refractivity contribution in [2.24, 2.45) is 0 Å². The number of rotatable bonds is 5. The fourth-order valence-corrected chi connectivity index (χ4v) is 4.08. The van der Waals surface area contributed by atoms with Crippen molar-refractivity contribution in [3.63, 3.8) is 0 Å². The zero-order valence-corrected chi connectivity index (χ0v) is 16.4. The van der Waals surface area contributed by atoms with Gasteiger partial charge >= 0.3 is 0 Å². The van der Waals surface area contributed by atoms with Gasteiger partial charge in [0.25, 0.3) is 5.91 Å². The van der Waals surface area contributed by atoms with Gasteiger partial charge < -0.3 is 15.6 Å². The van der Waals surface area contributed by atoms with Crippen LogP contribution < -0.4 is 10.6 Å². The van der Waals surface area contributed by atoms with Gasteiger partial charge in [0.05, 0.1) is 11.3 Å². The Morgan fingerprint density at radius 2 is 2.11 bits per heavy atom. The Balaban J connectivity index is 1.50. The lowest BCUT2D eigenvalue weighted by atomic mass is 9.96. The number of fused-ring (bicyclic) bond motifs is 1. The number of nitrogens with one attached hydrogen (secondary N) is 3. The summed E-state index contributed by atoms with van der Waals surface area (Å²) in [7, 11) is 1.65. The Labute approximate surface area is 165 Å². The van der Waals surface area contributed by atoms with Crippen molar-refractivity contribution >= 4 is 22.6 Å². The topological polar surface area (TPSA) is 73.0 Å². The van der Waals surface area contributed by atoms with Crippen LogP contribution in [-0.4, -0.2) is 46.5 Å². The van der Waals surface area contributed by atoms with Crippen LogP contribution in [0.4, 0.5) is 5.69 Å². The molecule has 1 fully saturated rings. The van der Waals surface area contributed by atoms with Crippen molar-refractivity contribution in [3.05, 3.63) is 59.9 Å². The molecule has 2 aromatic heterocycles. The van der Waals surface area contributed by atoms with Gasteiger partial charge in [0.2, 0.25) is 0 Å². The number of aromatic amines is 1. The Hall–Kier alpha value is -2.86. The summed E-state index contributed by atoms with van der Waals surface area (Å²) in [4.78, 5) is 22.4. The monoisotopic (exact) mass is 377 g/mol. The Morgan fingerprint density at radius 3 is 2.86 bits per heavy atom. The summed E-state index contributed by atoms with van der Waals surface area (Å²) in [6, 6.07) is 13.4. The van der Waals surface area contributed by atoms with E-state index in [4.69, 9.17) is 0 Å². The first-order chi connectivity index (χ1) is 13.7. The standard InChI is InChI=1S/C22H27N5O/c1-15-12-17(9-11-27(15)14-16-6-4-3-5-7-16)26-20-18-8-10-24-21(18)25-13-19(20)22(28)23-2/h3-8,10,13,15,17H,9,11-12,14H2,1-2H3,(H,23,28)(H2,24,25,26)/t15-,17+/m0/s1. The fourth-order valence-electron chi connectivity index (χ4n) is 4.08. The summed E-state index contributed by atoms with van der Waals surface area (Å²) >= 11 is 0. The van der Waals surface area contributed by atoms with Crippen LogP contribution in [-0.2, 0) is 6.54 Å². The van der Waals surface area contributed by atoms with Gasteiger partial charge in [-0.15, -0.1) is 0 Å². The first-order valence-electron chi connectivity index (χ1n) is 9.88. The van der Waals surface area contributed by atoms with E-state index in [-0.39, 0.29) is 5.91 Å². The molecule has 28 heavy (non-hydrogen) atoms. The van der Waals surface area contributed by atoms with E-state index < -0.39 is 0 Å². The fraction of sp³-hybridized carbons (Fsp3) is 0.364. The van der Waals surface area contributed by atoms with Crippen molar-refractivity contribution in [1.29, 1.82) is 0 Å². The van der Waals surface area contributed by atoms with E-state index in [0.717, 1.165) is 42.7 Å². The molecule has 3 N–H and O–H groups in total. The SMILES string of the molecule is CNC(=O)c1cnc2[nH]ccc2c1N[C@@H]1CCN(Cc2ccccc2)[C@@H](C)C1. The molecule has 0 spiro atoms. The first-order valence-corrected chi connectivity index (χ1v) is 9.88. The van der Waals surface area contributed by atoms with Crippen molar-refractivity contribution in [2.45, 2.75) is 38.4 Å². The summed E-state index contributed by atoms with van der Waals surface area (Å²) in [6.45, 7) is 4.30. The number of amides is 1. The normalized spacial score (nSPS) is 20.2. The average molecular weight is 377 g/mol. The molecule has 146 valence electrons. The van der Waals surface area contributed by atoms with Gasteiger partial charge in [-0.05, 0) is 31.4 Å². The van der Waals surface area contributed by atoms with Gasteiger partial charge in [-0.3, -0.25) is 9.69 Å². The molecular formula is C22H27N5O. The van der Waals surface area contributed by atoms with E-state index >= 15 is 0 Å². The maximum absolute atomic E-state index is 12.4. The van der Waals surface area contributed by atoms with Gasteiger partial charge in [-0.2, -0.15) is 0 Å². The number of pyridine rings is 1. The Bertz CT molecular complexity index is 952. The van der Waals surface area contributed by atoms with E-state index in [1.807, 2.05) is 12.3 Å². The molecule has 0 aliphatic carbocycles. The van der Waals surface area contributed by atoms with Gasteiger partial charge in [-0.1, -0.05) is 30.3 Å². The molecule has 1 amide bonds. The van der Waals surface area contributed by atoms with Crippen molar-refractivity contribution in [2.75, 3.05) is 18.9 Å². The second kappa shape index (κ2) is 8.02. The Kier molecular flexibility index (Phi) is 5.30. The lowest BCUT2D eigenvalue weighted by Crippen LogP contribution is -2.44. The number of likely N-dealkylation sites (tertiary alicyclic amines) is 1. The predicted molar refractivity (Wildman–Crippen MR) is 112 cm³/mol. The van der Waals surface area contributed by atoms with Crippen LogP contribution in [0.15, 0.2) is 48.8 Å². The maximum Gasteiger partial charge on any atom is 0.254 e. The van der Waals surface area contributed by atoms with E-state index in [0.29, 0.717) is 17.6 Å². The minimum Gasteiger partial charge on any atom is -0.381 e. The summed E-state index contributed by atoms with van der Waals surface area (Å²) < 4.78 is 0. The van der Waals surface area contributed by atoms with Gasteiger partial charge in [0.15, 0.2) is 0 Å². The number of nitrogens with zero attached hydrogens (tertiary/aromatic N) is 2. The average Bonchev–Trinajstić information content (AvgIpc) is 3.20. The highest BCUT2D eigenvalue weighted by Gasteiger charge is 2.27. The van der Waals surface area contributed by atoms with E-state index in [9.17, 15) is 4.79 Å². The van der Waals surface area contributed by atoms with Crippen LogP contribution in [0.2, 0.25) is 0 Å². The molecule has 1 aliphatic heterocycles. The lowest BCUT2D eigenvalue weighted by Gasteiger charge is -2.38. The molecule has 1 aliphatic rings. The second-order valence-electron chi connectivity index (χ2n) is 7.54. The largest absolute Gasteiger partial charge is 0.381 e. The van der Waals surface area contributed by atoms with Crippen LogP contribution in [0.25, 0.3) is 11.0 Å². The quantitative estimate of drug-likeness (QED) is 0.637. The Morgan fingerprint density at radius 1 is 1.29 bits per heavy atom. The van der Waals surface area contributed by atoms with Gasteiger partial charge in [-0.25, -0.2) is 4.98 Å². The minimum absolute atomic E-state index is 0.118. The van der Waals surface area contributed by atoms with Crippen LogP contribution in [0.1, 0.15) is 35.7 Å². The number of carbonyl (C=O) groups is 1. The summed E-state index contributed by atoms with van der Waals surface area (Å²) in [6.07, 6.45) is 5.59. The third-order valence-electron chi connectivity index (χ3n) is 5.65. The zero-order valence-electron chi connectivity index (χ0n) is 16.4. The first kappa shape index (κ1) is 18.5. The van der Waals surface area contributed by atoms with E-state index in [1.165, 1.54) is 5.56 Å². The number of hydrogen-bond acceptors (Lipinski definition) is 4. The molecule has 0 unspecified atom stereocenters. The third kappa shape index (κ3) is 3.73. The third-order valence-corrected chi connectivity index (χ3v) is 5.65. The molecule has 1 saturated heterocycles. The molecule has 3 heterocycles. The predicted octanol–water partition coefficient (Wildman–Crippen LogP) is 3.39. The van der Waals surface area contributed by atoms with Gasteiger partial charge in [0, 0.05) is 50.0 Å². The smallest absolute Gasteiger partial charge is 0.254 e. The molecule has 3 aromatic rings. The van der Waals surface area contributed by atoms with Crippen LogP contribution >= 0.6 is 0 Å². The molecule has 1 aromatic carbocycles. The molecule has 4 rings (SSSR count). The van der Waals surface area contributed by atoms with Crippen LogP contribution in [0.5, 0.6) is 0 Å². The number of carbonyl (C=O) groups excluding carboxylic acids is 1. The summed E-state index contributed by atoms with van der Waals surface area (Å²) in [5.74, 6) is -0.118. The summed E-state index contributed by atoms with van der Waals surface area (Å²) in [5.41, 5.74) is 3.61. The number of hydrogen-bond donors (Lipinski definition) is 3. The molecular weight excluding hydrogens is 350 g/mol. The molecule has 0 radical (unpaired) electrons. The molecule has 2 atom stereocenters. The number of H-pyrrole nitrogens is 1. The van der Waals surface area contributed by atoms with Crippen molar-refractivity contribution < 1.29 is 4.79 Å². The lowest BCUT2D eigenvalue weighted by molar-refractivity contribution is 0.0963. The number of aromatic nitrogens is 2. The van der Waals surface area contributed by atoms with Crippen LogP contribution in [0, 0.1) is 0 Å². The van der Waals surface area contributed by atoms with E-state index in [1.54, 1.807) is 13.2 Å². The summed E-state index contributed by atoms with van der Waals surface area (Å²) in [5, 5.41) is 7.34. The van der Waals surface area contributed by atoms with Crippen molar-refractivity contribution in [1.82, 2.24) is 20.2 Å². The minimum atomic E-state index is -0.118. The number of benzene rings is 1. The molecule has 0 bridgehead atoms. The molecule has 0 saturated carbocycles. The molecule has 6 nitrogen and oxygen atoms in total. The highest BCUT2D eigenvalue weighted by Crippen LogP contribution is 2.29. The number of anilines is 1. The second-order valence-corrected chi connectivity index (χ2v) is 7.54. The van der Waals surface area contributed by atoms with E-state index in [2.05, 4.69) is 62.8 Å². The number of piperidine rings is 1. The van der Waals surface area contributed by atoms with Crippen LogP contribution in [0.3, 0.4) is 0 Å². The zero-order chi connectivity index (χ0) is 19.5. The highest BCUT2D eigenvalue weighted by molar-refractivity contribution is 6.06. The maximum atomic E-state index is 12.4. The highest BCUT2D eigenvalue weighted by atomic mass is 16.1. The van der Waals surface area contributed by atoms with Gasteiger partial charge in [0.1, 0.15) is 5.65 Å². The van der Waals surface area contributed by atoms with Crippen molar-refractivity contribution in [3.8, 4) is 0 Å².